The molecule has 17 heavy (non-hydrogen) atoms. The average Bonchev–Trinajstić information content (AvgIpc) is 2.78. The number of aromatic nitrogens is 4. The van der Waals surface area contributed by atoms with E-state index in [1.165, 1.54) is 16.4 Å². The molecule has 0 aliphatic rings. The van der Waals surface area contributed by atoms with Crippen molar-refractivity contribution in [1.82, 2.24) is 19.6 Å². The van der Waals surface area contributed by atoms with Crippen molar-refractivity contribution in [2.45, 2.75) is 19.8 Å². The number of hydrogen-bond acceptors (Lipinski definition) is 3. The maximum Gasteiger partial charge on any atom is 0.348 e. The summed E-state index contributed by atoms with van der Waals surface area (Å²) in [5, 5.41) is 4.80. The third-order valence-electron chi connectivity index (χ3n) is 2.93. The molecule has 5 nitrogen and oxygen atoms in total. The first-order chi connectivity index (χ1) is 8.16. The number of aromatic amines is 1. The number of fused-ring (bicyclic) bond motifs is 3. The molecular weight excluding hydrogens is 216 g/mol. The lowest BCUT2D eigenvalue weighted by Crippen LogP contribution is -2.17. The Hall–Kier alpha value is -2.17. The molecule has 0 radical (unpaired) electrons. The predicted octanol–water partition coefficient (Wildman–Crippen LogP) is 1.69. The molecule has 0 aliphatic heterocycles. The molecule has 0 saturated heterocycles. The summed E-state index contributed by atoms with van der Waals surface area (Å²) < 4.78 is 1.28. The first-order valence-corrected chi connectivity index (χ1v) is 5.52. The van der Waals surface area contributed by atoms with Crippen molar-refractivity contribution in [3.05, 3.63) is 40.6 Å². The molecule has 3 aromatic rings. The summed E-state index contributed by atoms with van der Waals surface area (Å²) in [5.74, 6) is 0.428. The fourth-order valence-electron chi connectivity index (χ4n) is 1.96. The summed E-state index contributed by atoms with van der Waals surface area (Å²) in [5.41, 5.74) is 2.34. The fraction of sp³-hybridized carbons (Fsp3) is 0.250. The molecule has 2 aromatic heterocycles. The minimum absolute atomic E-state index is 0.258. The first-order valence-electron chi connectivity index (χ1n) is 5.52. The van der Waals surface area contributed by atoms with E-state index in [1.807, 2.05) is 12.1 Å². The van der Waals surface area contributed by atoms with Crippen LogP contribution in [0.4, 0.5) is 0 Å². The van der Waals surface area contributed by atoms with Crippen molar-refractivity contribution in [1.29, 1.82) is 0 Å². The minimum Gasteiger partial charge on any atom is -0.305 e. The lowest BCUT2D eigenvalue weighted by molar-refractivity contribution is 0.862. The van der Waals surface area contributed by atoms with Gasteiger partial charge >= 0.3 is 5.69 Å². The van der Waals surface area contributed by atoms with Crippen LogP contribution in [-0.2, 0) is 0 Å². The zero-order valence-corrected chi connectivity index (χ0v) is 9.64. The van der Waals surface area contributed by atoms with Gasteiger partial charge < -0.3 is 4.98 Å². The molecule has 0 saturated carbocycles. The van der Waals surface area contributed by atoms with E-state index in [0.29, 0.717) is 11.6 Å². The molecule has 2 heterocycles. The van der Waals surface area contributed by atoms with Gasteiger partial charge in [0.05, 0.1) is 5.52 Å². The SMILES string of the molecule is CC(C)c1ccc2c(c1)[nH]c(=O)n1ncnc21. The number of nitrogens with zero attached hydrogens (tertiary/aromatic N) is 3. The van der Waals surface area contributed by atoms with Crippen LogP contribution >= 0.6 is 0 Å². The maximum atomic E-state index is 11.7. The largest absolute Gasteiger partial charge is 0.348 e. The zero-order chi connectivity index (χ0) is 12.0. The molecule has 0 fully saturated rings. The van der Waals surface area contributed by atoms with Crippen LogP contribution in [0.2, 0.25) is 0 Å². The molecule has 0 unspecified atom stereocenters. The van der Waals surface area contributed by atoms with E-state index in [0.717, 1.165) is 10.9 Å². The highest BCUT2D eigenvalue weighted by atomic mass is 16.1. The number of rotatable bonds is 1. The molecule has 5 heteroatoms. The molecule has 1 N–H and O–H groups in total. The summed E-state index contributed by atoms with van der Waals surface area (Å²) in [4.78, 5) is 18.7. The number of nitrogens with one attached hydrogen (secondary N) is 1. The highest BCUT2D eigenvalue weighted by molar-refractivity contribution is 5.91. The van der Waals surface area contributed by atoms with Gasteiger partial charge in [-0.3, -0.25) is 0 Å². The quantitative estimate of drug-likeness (QED) is 0.689. The zero-order valence-electron chi connectivity index (χ0n) is 9.64. The van der Waals surface area contributed by atoms with Crippen molar-refractivity contribution in [2.24, 2.45) is 0 Å². The smallest absolute Gasteiger partial charge is 0.305 e. The predicted molar refractivity (Wildman–Crippen MR) is 65.2 cm³/mol. The maximum absolute atomic E-state index is 11.7. The van der Waals surface area contributed by atoms with Gasteiger partial charge in [0.1, 0.15) is 6.33 Å². The Balaban J connectivity index is 2.46. The highest BCUT2D eigenvalue weighted by Crippen LogP contribution is 2.20. The summed E-state index contributed by atoms with van der Waals surface area (Å²) in [6.45, 7) is 4.24. The van der Waals surface area contributed by atoms with Gasteiger partial charge in [0, 0.05) is 5.39 Å². The van der Waals surface area contributed by atoms with Crippen molar-refractivity contribution in [3.63, 3.8) is 0 Å². The van der Waals surface area contributed by atoms with Gasteiger partial charge in [-0.2, -0.15) is 9.61 Å². The second-order valence-corrected chi connectivity index (χ2v) is 4.39. The van der Waals surface area contributed by atoms with Gasteiger partial charge in [-0.15, -0.1) is 0 Å². The highest BCUT2D eigenvalue weighted by Gasteiger charge is 2.08. The average molecular weight is 228 g/mol. The van der Waals surface area contributed by atoms with Crippen LogP contribution in [0.25, 0.3) is 16.6 Å². The van der Waals surface area contributed by atoms with Gasteiger partial charge in [-0.1, -0.05) is 19.9 Å². The lowest BCUT2D eigenvalue weighted by Gasteiger charge is -2.06. The van der Waals surface area contributed by atoms with E-state index < -0.39 is 0 Å². The van der Waals surface area contributed by atoms with Crippen molar-refractivity contribution in [3.8, 4) is 0 Å². The van der Waals surface area contributed by atoms with Crippen LogP contribution in [0.5, 0.6) is 0 Å². The van der Waals surface area contributed by atoms with Gasteiger partial charge in [0.2, 0.25) is 0 Å². The van der Waals surface area contributed by atoms with Gasteiger partial charge in [-0.25, -0.2) is 9.78 Å². The van der Waals surface area contributed by atoms with Crippen LogP contribution < -0.4 is 5.69 Å². The second-order valence-electron chi connectivity index (χ2n) is 4.39. The van der Waals surface area contributed by atoms with E-state index in [9.17, 15) is 4.79 Å². The minimum atomic E-state index is -0.258. The second kappa shape index (κ2) is 3.41. The van der Waals surface area contributed by atoms with Crippen molar-refractivity contribution < 1.29 is 0 Å². The molecular formula is C12H12N4O. The molecule has 0 amide bonds. The molecule has 3 rings (SSSR count). The Morgan fingerprint density at radius 3 is 2.94 bits per heavy atom. The Kier molecular flexibility index (Phi) is 2.01. The lowest BCUT2D eigenvalue weighted by atomic mass is 10.0. The molecule has 0 aliphatic carbocycles. The molecule has 0 bridgehead atoms. The molecule has 1 aromatic carbocycles. The standard InChI is InChI=1S/C12H12N4O/c1-7(2)8-3-4-9-10(5-8)15-12(17)16-11(9)13-6-14-16/h3-7H,1-2H3,(H,15,17). The summed E-state index contributed by atoms with van der Waals surface area (Å²) in [6, 6.07) is 6.03. The van der Waals surface area contributed by atoms with Crippen molar-refractivity contribution in [2.75, 3.05) is 0 Å². The van der Waals surface area contributed by atoms with E-state index in [1.54, 1.807) is 0 Å². The van der Waals surface area contributed by atoms with Gasteiger partial charge in [0.15, 0.2) is 5.65 Å². The molecule has 86 valence electrons. The third kappa shape index (κ3) is 1.43. The summed E-state index contributed by atoms with van der Waals surface area (Å²) >= 11 is 0. The van der Waals surface area contributed by atoms with Crippen LogP contribution in [0, 0.1) is 0 Å². The molecule has 0 spiro atoms. The summed E-state index contributed by atoms with van der Waals surface area (Å²) in [6.07, 6.45) is 1.39. The van der Waals surface area contributed by atoms with Crippen LogP contribution in [0.1, 0.15) is 25.3 Å². The molecule has 0 atom stereocenters. The summed E-state index contributed by atoms with van der Waals surface area (Å²) in [7, 11) is 0. The first kappa shape index (κ1) is 10.0. The Bertz CT molecular complexity index is 754. The number of benzene rings is 1. The number of hydrogen-bond donors (Lipinski definition) is 1. The van der Waals surface area contributed by atoms with E-state index in [-0.39, 0.29) is 5.69 Å². The van der Waals surface area contributed by atoms with Crippen molar-refractivity contribution >= 4 is 16.6 Å². The monoisotopic (exact) mass is 228 g/mol. The van der Waals surface area contributed by atoms with Crippen LogP contribution in [0.3, 0.4) is 0 Å². The van der Waals surface area contributed by atoms with E-state index in [4.69, 9.17) is 0 Å². The van der Waals surface area contributed by atoms with Gasteiger partial charge in [0.25, 0.3) is 0 Å². The van der Waals surface area contributed by atoms with E-state index in [2.05, 4.69) is 35.0 Å². The normalized spacial score (nSPS) is 11.7. The van der Waals surface area contributed by atoms with Gasteiger partial charge in [-0.05, 0) is 23.6 Å². The Labute approximate surface area is 97.1 Å². The Morgan fingerprint density at radius 2 is 2.18 bits per heavy atom. The van der Waals surface area contributed by atoms with E-state index >= 15 is 0 Å². The third-order valence-corrected chi connectivity index (χ3v) is 2.93. The van der Waals surface area contributed by atoms with Crippen LogP contribution in [0.15, 0.2) is 29.3 Å². The van der Waals surface area contributed by atoms with Crippen LogP contribution in [-0.4, -0.2) is 19.6 Å². The fourth-order valence-corrected chi connectivity index (χ4v) is 1.96. The topological polar surface area (TPSA) is 63.0 Å². The Morgan fingerprint density at radius 1 is 1.35 bits per heavy atom. The number of H-pyrrole nitrogens is 1.